The predicted molar refractivity (Wildman–Crippen MR) is 97.6 cm³/mol. The van der Waals surface area contributed by atoms with E-state index in [0.717, 1.165) is 37.5 Å². The van der Waals surface area contributed by atoms with E-state index in [2.05, 4.69) is 24.0 Å². The highest BCUT2D eigenvalue weighted by molar-refractivity contribution is 5.76. The van der Waals surface area contributed by atoms with Gasteiger partial charge in [-0.25, -0.2) is 4.98 Å². The number of piperidine rings is 1. The molecule has 1 atom stereocenters. The van der Waals surface area contributed by atoms with Crippen LogP contribution in [-0.4, -0.2) is 40.1 Å². The third-order valence-electron chi connectivity index (χ3n) is 4.84. The van der Waals surface area contributed by atoms with Crippen LogP contribution in [0.2, 0.25) is 0 Å². The molecule has 134 valence electrons. The molecular formula is C20H27N3O2. The summed E-state index contributed by atoms with van der Waals surface area (Å²) < 4.78 is 7.97. The van der Waals surface area contributed by atoms with Crippen molar-refractivity contribution in [2.45, 2.75) is 39.7 Å². The average molecular weight is 341 g/mol. The topological polar surface area (TPSA) is 47.4 Å². The van der Waals surface area contributed by atoms with E-state index in [4.69, 9.17) is 4.74 Å². The van der Waals surface area contributed by atoms with Crippen LogP contribution in [0.5, 0.6) is 5.75 Å². The van der Waals surface area contributed by atoms with Crippen molar-refractivity contribution >= 4 is 5.91 Å². The van der Waals surface area contributed by atoms with Gasteiger partial charge in [-0.2, -0.15) is 0 Å². The zero-order chi connectivity index (χ0) is 17.6. The first-order valence-corrected chi connectivity index (χ1v) is 9.07. The fourth-order valence-electron chi connectivity index (χ4n) is 3.36. The number of amides is 1. The van der Waals surface area contributed by atoms with Gasteiger partial charge in [0, 0.05) is 44.4 Å². The Kier molecular flexibility index (Phi) is 5.74. The Morgan fingerprint density at radius 3 is 3.00 bits per heavy atom. The van der Waals surface area contributed by atoms with E-state index in [0.29, 0.717) is 25.5 Å². The van der Waals surface area contributed by atoms with Crippen molar-refractivity contribution in [1.82, 2.24) is 14.5 Å². The molecule has 25 heavy (non-hydrogen) atoms. The number of likely N-dealkylation sites (tertiary alicyclic amines) is 1. The summed E-state index contributed by atoms with van der Waals surface area (Å²) >= 11 is 0. The summed E-state index contributed by atoms with van der Waals surface area (Å²) in [7, 11) is 0. The number of rotatable bonds is 6. The summed E-state index contributed by atoms with van der Waals surface area (Å²) in [5.41, 5.74) is 1.20. The van der Waals surface area contributed by atoms with Gasteiger partial charge in [0.2, 0.25) is 5.91 Å². The number of imidazole rings is 1. The van der Waals surface area contributed by atoms with Gasteiger partial charge in [-0.05, 0) is 44.4 Å². The number of hydrogen-bond donors (Lipinski definition) is 0. The van der Waals surface area contributed by atoms with Crippen LogP contribution in [0.3, 0.4) is 0 Å². The predicted octanol–water partition coefficient (Wildman–Crippen LogP) is 3.21. The number of carbonyl (C=O) groups excluding carboxylic acids is 1. The zero-order valence-corrected chi connectivity index (χ0v) is 15.1. The van der Waals surface area contributed by atoms with E-state index in [1.54, 1.807) is 6.20 Å². The summed E-state index contributed by atoms with van der Waals surface area (Å²) in [6.45, 7) is 7.07. The molecule has 0 spiro atoms. The second kappa shape index (κ2) is 8.19. The minimum absolute atomic E-state index is 0.230. The molecule has 1 saturated heterocycles. The van der Waals surface area contributed by atoms with Crippen molar-refractivity contribution in [3.8, 4) is 5.75 Å². The smallest absolute Gasteiger partial charge is 0.224 e. The molecule has 1 fully saturated rings. The van der Waals surface area contributed by atoms with Crippen LogP contribution in [0.4, 0.5) is 0 Å². The molecule has 1 aromatic heterocycles. The third kappa shape index (κ3) is 4.84. The number of nitrogens with zero attached hydrogens (tertiary/aromatic N) is 3. The number of carbonyl (C=O) groups is 1. The van der Waals surface area contributed by atoms with E-state index < -0.39 is 0 Å². The van der Waals surface area contributed by atoms with Gasteiger partial charge < -0.3 is 14.2 Å². The van der Waals surface area contributed by atoms with Crippen molar-refractivity contribution in [1.29, 1.82) is 0 Å². The lowest BCUT2D eigenvalue weighted by atomic mass is 9.98. The minimum atomic E-state index is 0.230. The maximum absolute atomic E-state index is 12.5. The lowest BCUT2D eigenvalue weighted by Crippen LogP contribution is -2.41. The Bertz CT molecular complexity index is 710. The molecule has 5 nitrogen and oxygen atoms in total. The molecule has 2 aromatic rings. The summed E-state index contributed by atoms with van der Waals surface area (Å²) in [4.78, 5) is 18.7. The Morgan fingerprint density at radius 1 is 1.36 bits per heavy atom. The highest BCUT2D eigenvalue weighted by Gasteiger charge is 2.24. The van der Waals surface area contributed by atoms with E-state index in [9.17, 15) is 4.79 Å². The standard InChI is InChI=1S/C20H27N3O2/c1-16-5-3-7-19(13-16)25-15-18-6-4-10-23(14-18)20(24)8-11-22-12-9-21-17(22)2/h3,5,7,9,12-13,18H,4,6,8,10-11,14-15H2,1-2H3. The first-order chi connectivity index (χ1) is 12.1. The number of benzene rings is 1. The molecule has 2 heterocycles. The van der Waals surface area contributed by atoms with Gasteiger partial charge in [-0.3, -0.25) is 4.79 Å². The highest BCUT2D eigenvalue weighted by Crippen LogP contribution is 2.20. The number of aryl methyl sites for hydroxylation is 3. The quantitative estimate of drug-likeness (QED) is 0.810. The normalized spacial score (nSPS) is 17.5. The van der Waals surface area contributed by atoms with Crippen molar-refractivity contribution in [2.75, 3.05) is 19.7 Å². The highest BCUT2D eigenvalue weighted by atomic mass is 16.5. The fourth-order valence-corrected chi connectivity index (χ4v) is 3.36. The van der Waals surface area contributed by atoms with Crippen molar-refractivity contribution in [2.24, 2.45) is 5.92 Å². The molecule has 0 bridgehead atoms. The summed E-state index contributed by atoms with van der Waals surface area (Å²) in [6, 6.07) is 8.13. The SMILES string of the molecule is Cc1cccc(OCC2CCCN(C(=O)CCn3ccnc3C)C2)c1. The average Bonchev–Trinajstić information content (AvgIpc) is 3.03. The lowest BCUT2D eigenvalue weighted by molar-refractivity contribution is -0.133. The van der Waals surface area contributed by atoms with Gasteiger partial charge in [0.1, 0.15) is 11.6 Å². The second-order valence-corrected chi connectivity index (χ2v) is 6.89. The van der Waals surface area contributed by atoms with Gasteiger partial charge in [0.15, 0.2) is 0 Å². The Hall–Kier alpha value is -2.30. The van der Waals surface area contributed by atoms with Crippen LogP contribution in [0, 0.1) is 19.8 Å². The van der Waals surface area contributed by atoms with E-state index >= 15 is 0 Å². The van der Waals surface area contributed by atoms with Gasteiger partial charge in [0.05, 0.1) is 6.61 Å². The summed E-state index contributed by atoms with van der Waals surface area (Å²) in [5.74, 6) is 2.51. The molecular weight excluding hydrogens is 314 g/mol. The van der Waals surface area contributed by atoms with Crippen LogP contribution < -0.4 is 4.74 Å². The fraction of sp³-hybridized carbons (Fsp3) is 0.500. The number of hydrogen-bond acceptors (Lipinski definition) is 3. The number of ether oxygens (including phenoxy) is 1. The van der Waals surface area contributed by atoms with Crippen LogP contribution in [0.25, 0.3) is 0 Å². The van der Waals surface area contributed by atoms with E-state index in [1.807, 2.05) is 34.7 Å². The Labute approximate surface area is 149 Å². The van der Waals surface area contributed by atoms with Crippen LogP contribution in [0.15, 0.2) is 36.7 Å². The number of aromatic nitrogens is 2. The third-order valence-corrected chi connectivity index (χ3v) is 4.84. The largest absolute Gasteiger partial charge is 0.493 e. The zero-order valence-electron chi connectivity index (χ0n) is 15.1. The molecule has 0 saturated carbocycles. The monoisotopic (exact) mass is 341 g/mol. The molecule has 0 radical (unpaired) electrons. The van der Waals surface area contributed by atoms with E-state index in [-0.39, 0.29) is 5.91 Å². The van der Waals surface area contributed by atoms with Crippen molar-refractivity contribution < 1.29 is 9.53 Å². The van der Waals surface area contributed by atoms with Crippen molar-refractivity contribution in [3.05, 3.63) is 48.0 Å². The van der Waals surface area contributed by atoms with Crippen molar-refractivity contribution in [3.63, 3.8) is 0 Å². The molecule has 1 aliphatic heterocycles. The minimum Gasteiger partial charge on any atom is -0.493 e. The molecule has 0 N–H and O–H groups in total. The maximum atomic E-state index is 12.5. The molecule has 1 unspecified atom stereocenters. The van der Waals surface area contributed by atoms with Gasteiger partial charge in [0.25, 0.3) is 0 Å². The van der Waals surface area contributed by atoms with Crippen LogP contribution >= 0.6 is 0 Å². The first-order valence-electron chi connectivity index (χ1n) is 9.07. The summed E-state index contributed by atoms with van der Waals surface area (Å²) in [6.07, 6.45) is 6.41. The molecule has 1 aliphatic rings. The maximum Gasteiger partial charge on any atom is 0.224 e. The van der Waals surface area contributed by atoms with Gasteiger partial charge >= 0.3 is 0 Å². The Morgan fingerprint density at radius 2 is 2.24 bits per heavy atom. The van der Waals surface area contributed by atoms with Gasteiger partial charge in [-0.15, -0.1) is 0 Å². The molecule has 3 rings (SSSR count). The van der Waals surface area contributed by atoms with E-state index in [1.165, 1.54) is 5.56 Å². The van der Waals surface area contributed by atoms with Crippen LogP contribution in [-0.2, 0) is 11.3 Å². The molecule has 0 aliphatic carbocycles. The Balaban J connectivity index is 1.47. The molecule has 1 aromatic carbocycles. The first kappa shape index (κ1) is 17.5. The van der Waals surface area contributed by atoms with Gasteiger partial charge in [-0.1, -0.05) is 12.1 Å². The lowest BCUT2D eigenvalue weighted by Gasteiger charge is -2.32. The molecule has 1 amide bonds. The summed E-state index contributed by atoms with van der Waals surface area (Å²) in [5, 5.41) is 0. The molecule has 5 heteroatoms. The van der Waals surface area contributed by atoms with Crippen LogP contribution in [0.1, 0.15) is 30.7 Å². The second-order valence-electron chi connectivity index (χ2n) is 6.89.